The van der Waals surface area contributed by atoms with Gasteiger partial charge in [0, 0.05) is 13.6 Å². The molecule has 2 rings (SSSR count). The first kappa shape index (κ1) is 13.0. The zero-order valence-corrected chi connectivity index (χ0v) is 12.0. The lowest BCUT2D eigenvalue weighted by atomic mass is 9.89. The van der Waals surface area contributed by atoms with E-state index in [1.54, 1.807) is 0 Å². The summed E-state index contributed by atoms with van der Waals surface area (Å²) in [6.07, 6.45) is 7.04. The molecule has 19 heavy (non-hydrogen) atoms. The van der Waals surface area contributed by atoms with Crippen LogP contribution in [-0.4, -0.2) is 11.7 Å². The van der Waals surface area contributed by atoms with Crippen LogP contribution in [0, 0.1) is 5.89 Å². The Morgan fingerprint density at radius 2 is 2.16 bits per heavy atom. The van der Waals surface area contributed by atoms with Gasteiger partial charge in [0.15, 0.2) is 0 Å². The van der Waals surface area contributed by atoms with Crippen LogP contribution in [0.4, 0.5) is 5.69 Å². The summed E-state index contributed by atoms with van der Waals surface area (Å²) in [6.45, 7) is 2.79. The van der Waals surface area contributed by atoms with Gasteiger partial charge in [0.1, 0.15) is 0 Å². The molecule has 1 atom stereocenters. The largest absolute Gasteiger partial charge is 0.388 e. The maximum atomic E-state index is 10.0. The van der Waals surface area contributed by atoms with Gasteiger partial charge in [-0.25, -0.2) is 0 Å². The smallest absolute Gasteiger partial charge is 0.0790 e. The van der Waals surface area contributed by atoms with Crippen LogP contribution in [-0.2, 0) is 0 Å². The number of aliphatic hydroxyl groups is 1. The van der Waals surface area contributed by atoms with Gasteiger partial charge in [-0.3, -0.25) is 0 Å². The summed E-state index contributed by atoms with van der Waals surface area (Å²) >= 11 is 0. The Balaban J connectivity index is 1.94. The quantitative estimate of drug-likeness (QED) is 0.790. The van der Waals surface area contributed by atoms with Crippen molar-refractivity contribution in [3.8, 4) is 0 Å². The first-order chi connectivity index (χ1) is 9.63. The van der Waals surface area contributed by atoms with Crippen LogP contribution < -0.4 is 5.32 Å². The normalized spacial score (nSPS) is 20.6. The zero-order chi connectivity index (χ0) is 14.4. The van der Waals surface area contributed by atoms with Gasteiger partial charge in [0.2, 0.25) is 0 Å². The van der Waals surface area contributed by atoms with E-state index in [-0.39, 0.29) is 12.0 Å². The molecule has 2 heteroatoms. The van der Waals surface area contributed by atoms with E-state index in [1.165, 1.54) is 19.3 Å². The lowest BCUT2D eigenvalue weighted by molar-refractivity contribution is 0.166. The Hall–Kier alpha value is -1.02. The summed E-state index contributed by atoms with van der Waals surface area (Å²) in [7, 11) is 0. The molecule has 0 spiro atoms. The van der Waals surface area contributed by atoms with Gasteiger partial charge < -0.3 is 10.4 Å². The van der Waals surface area contributed by atoms with Crippen molar-refractivity contribution in [2.45, 2.75) is 58.0 Å². The summed E-state index contributed by atoms with van der Waals surface area (Å²) < 4.78 is 8.46. The predicted molar refractivity (Wildman–Crippen MR) is 81.4 cm³/mol. The fourth-order valence-corrected chi connectivity index (χ4v) is 2.75. The average molecular weight is 262 g/mol. The Morgan fingerprint density at radius 1 is 1.37 bits per heavy atom. The highest BCUT2D eigenvalue weighted by Crippen LogP contribution is 2.25. The fourth-order valence-electron chi connectivity index (χ4n) is 2.75. The van der Waals surface area contributed by atoms with E-state index in [0.29, 0.717) is 6.54 Å². The molecule has 0 amide bonds. The third kappa shape index (κ3) is 4.54. The Kier molecular flexibility index (Phi) is 5.15. The molecule has 1 unspecified atom stereocenters. The van der Waals surface area contributed by atoms with Crippen molar-refractivity contribution in [2.24, 2.45) is 5.89 Å². The van der Waals surface area contributed by atoms with E-state index in [0.717, 1.165) is 36.9 Å². The summed E-state index contributed by atoms with van der Waals surface area (Å²) in [5.41, 5.74) is 1.99. The number of hydrogen-bond donors (Lipinski definition) is 2. The highest BCUT2D eigenvalue weighted by Gasteiger charge is 2.13. The number of benzene rings is 1. The minimum absolute atomic E-state index is 0.309. The minimum atomic E-state index is -0.374. The van der Waals surface area contributed by atoms with Crippen molar-refractivity contribution in [2.75, 3.05) is 11.9 Å². The van der Waals surface area contributed by atoms with E-state index in [4.69, 9.17) is 1.37 Å². The molecule has 0 radical (unpaired) electrons. The van der Waals surface area contributed by atoms with Crippen LogP contribution >= 0.6 is 0 Å². The van der Waals surface area contributed by atoms with Crippen molar-refractivity contribution in [3.05, 3.63) is 29.8 Å². The predicted octanol–water partition coefficient (Wildman–Crippen LogP) is 4.51. The number of aliphatic hydroxyl groups excluding tert-OH is 1. The number of nitrogens with one attached hydrogen (secondary N) is 1. The number of rotatable bonds is 6. The monoisotopic (exact) mass is 262 g/mol. The van der Waals surface area contributed by atoms with Gasteiger partial charge >= 0.3 is 0 Å². The van der Waals surface area contributed by atoms with E-state index >= 15 is 0 Å². The zero-order valence-electron chi connectivity index (χ0n) is 13.0. The molecule has 106 valence electrons. The topological polar surface area (TPSA) is 32.3 Å². The van der Waals surface area contributed by atoms with E-state index in [9.17, 15) is 5.11 Å². The number of hydrogen-bond acceptors (Lipinski definition) is 2. The molecule has 1 aromatic carbocycles. The van der Waals surface area contributed by atoms with Crippen LogP contribution in [0.3, 0.4) is 0 Å². The van der Waals surface area contributed by atoms with Gasteiger partial charge in [-0.1, -0.05) is 44.7 Å². The minimum Gasteiger partial charge on any atom is -0.388 e. The second kappa shape index (κ2) is 7.54. The summed E-state index contributed by atoms with van der Waals surface area (Å²) in [4.78, 5) is 0. The maximum absolute atomic E-state index is 10.0. The average Bonchev–Trinajstić information content (AvgIpc) is 2.47. The summed E-state index contributed by atoms with van der Waals surface area (Å²) in [5, 5.41) is 13.4. The molecule has 1 aliphatic carbocycles. The van der Waals surface area contributed by atoms with Crippen LogP contribution in [0.25, 0.3) is 0 Å². The first-order valence-corrected chi connectivity index (χ1v) is 7.65. The van der Waals surface area contributed by atoms with E-state index in [1.807, 2.05) is 24.3 Å². The Labute approximate surface area is 118 Å². The molecule has 0 bridgehead atoms. The Bertz CT molecular complexity index is 415. The molecule has 0 aromatic heterocycles. The molecule has 0 saturated heterocycles. The summed E-state index contributed by atoms with van der Waals surface area (Å²) in [6, 6.07) is 8.00. The molecule has 2 N–H and O–H groups in total. The molecule has 0 aliphatic heterocycles. The van der Waals surface area contributed by atoms with Crippen molar-refractivity contribution in [1.82, 2.24) is 0 Å². The third-order valence-electron chi connectivity index (χ3n) is 3.94. The van der Waals surface area contributed by atoms with Gasteiger partial charge in [-0.2, -0.15) is 0 Å². The van der Waals surface area contributed by atoms with Gasteiger partial charge in [0.25, 0.3) is 0 Å². The van der Waals surface area contributed by atoms with Crippen molar-refractivity contribution in [1.29, 1.82) is 0 Å². The molecule has 1 saturated carbocycles. The fraction of sp³-hybridized carbons (Fsp3) is 0.647. The highest BCUT2D eigenvalue weighted by molar-refractivity contribution is 5.46. The lowest BCUT2D eigenvalue weighted by Crippen LogP contribution is -2.17. The van der Waals surface area contributed by atoms with Gasteiger partial charge in [0.05, 0.1) is 6.10 Å². The van der Waals surface area contributed by atoms with Gasteiger partial charge in [-0.05, 0) is 42.9 Å². The summed E-state index contributed by atoms with van der Waals surface area (Å²) in [5.74, 6) is -0.309. The molecular weight excluding hydrogens is 234 g/mol. The molecule has 0 heterocycles. The van der Waals surface area contributed by atoms with Crippen LogP contribution in [0.2, 0.25) is 0 Å². The number of anilines is 1. The molecule has 1 aliphatic rings. The SMILES string of the molecule is [2H]C1(CNc2cccc(C(O)CCC)c2)CCCCC1. The molecule has 2 nitrogen and oxygen atoms in total. The first-order valence-electron chi connectivity index (χ1n) is 8.15. The third-order valence-corrected chi connectivity index (χ3v) is 3.94. The molecule has 1 fully saturated rings. The standard InChI is InChI=1S/C17H27NO/c1-2-7-17(19)15-10-6-11-16(12-15)18-13-14-8-4-3-5-9-14/h6,10-12,14,17-19H,2-5,7-9,13H2,1H3/i14D. The van der Waals surface area contributed by atoms with Crippen LogP contribution in [0.15, 0.2) is 24.3 Å². The molecular formula is C17H27NO. The lowest BCUT2D eigenvalue weighted by Gasteiger charge is -2.22. The Morgan fingerprint density at radius 3 is 2.89 bits per heavy atom. The van der Waals surface area contributed by atoms with Crippen molar-refractivity contribution < 1.29 is 6.48 Å². The maximum Gasteiger partial charge on any atom is 0.0790 e. The van der Waals surface area contributed by atoms with Crippen LogP contribution in [0.1, 0.15) is 64.9 Å². The highest BCUT2D eigenvalue weighted by atomic mass is 16.3. The van der Waals surface area contributed by atoms with Crippen molar-refractivity contribution >= 4 is 5.69 Å². The second-order valence-corrected chi connectivity index (χ2v) is 5.59. The van der Waals surface area contributed by atoms with Gasteiger partial charge in [-0.15, -0.1) is 0 Å². The second-order valence-electron chi connectivity index (χ2n) is 5.59. The van der Waals surface area contributed by atoms with E-state index in [2.05, 4.69) is 12.2 Å². The van der Waals surface area contributed by atoms with Crippen molar-refractivity contribution in [3.63, 3.8) is 0 Å². The van der Waals surface area contributed by atoms with E-state index < -0.39 is 0 Å². The molecule has 1 aromatic rings. The van der Waals surface area contributed by atoms with Crippen LogP contribution in [0.5, 0.6) is 0 Å².